The molecule has 5 nitrogen and oxygen atoms in total. The average Bonchev–Trinajstić information content (AvgIpc) is 3.19. The maximum Gasteiger partial charge on any atom is 0.287 e. The zero-order chi connectivity index (χ0) is 22.0. The highest BCUT2D eigenvalue weighted by Gasteiger charge is 2.34. The van der Waals surface area contributed by atoms with Crippen LogP contribution in [0.25, 0.3) is 11.0 Å². The lowest BCUT2D eigenvalue weighted by atomic mass is 9.84. The molecule has 2 heterocycles. The number of furan rings is 1. The molecule has 1 fully saturated rings. The Labute approximate surface area is 181 Å². The summed E-state index contributed by atoms with van der Waals surface area (Å²) >= 11 is 0. The van der Waals surface area contributed by atoms with Gasteiger partial charge in [-0.15, -0.1) is 0 Å². The molecule has 0 aliphatic carbocycles. The van der Waals surface area contributed by atoms with Crippen molar-refractivity contribution in [1.82, 2.24) is 10.2 Å². The minimum absolute atomic E-state index is 0.193. The van der Waals surface area contributed by atoms with Crippen molar-refractivity contribution in [2.24, 2.45) is 5.92 Å². The molecule has 164 valence electrons. The van der Waals surface area contributed by atoms with E-state index in [9.17, 15) is 14.3 Å². The lowest BCUT2D eigenvalue weighted by Crippen LogP contribution is -2.42. The highest BCUT2D eigenvalue weighted by Crippen LogP contribution is 2.35. The first-order valence-electron chi connectivity index (χ1n) is 10.8. The second-order valence-electron chi connectivity index (χ2n) is 8.87. The number of nitrogens with zero attached hydrogens (tertiary/aromatic N) is 1. The van der Waals surface area contributed by atoms with Gasteiger partial charge in [0.05, 0.1) is 5.60 Å². The van der Waals surface area contributed by atoms with Crippen LogP contribution in [0.2, 0.25) is 0 Å². The fraction of sp³-hybridized carbons (Fsp3) is 0.400. The summed E-state index contributed by atoms with van der Waals surface area (Å²) in [6.07, 6.45) is 1.12. The van der Waals surface area contributed by atoms with Crippen LogP contribution in [0.5, 0.6) is 0 Å². The maximum atomic E-state index is 13.9. The number of nitrogens with one attached hydrogen (secondary N) is 1. The molecular formula is C25H29FN2O3. The molecule has 2 aromatic carbocycles. The predicted molar refractivity (Wildman–Crippen MR) is 118 cm³/mol. The zero-order valence-corrected chi connectivity index (χ0v) is 18.0. The molecule has 1 saturated heterocycles. The Kier molecular flexibility index (Phi) is 6.12. The third-order valence-corrected chi connectivity index (χ3v) is 5.98. The number of carbonyl (C=O) groups is 1. The van der Waals surface area contributed by atoms with E-state index in [2.05, 4.69) is 10.2 Å². The summed E-state index contributed by atoms with van der Waals surface area (Å²) in [7, 11) is 0. The number of piperidine rings is 1. The van der Waals surface area contributed by atoms with Crippen molar-refractivity contribution in [2.75, 3.05) is 19.6 Å². The van der Waals surface area contributed by atoms with Gasteiger partial charge in [-0.05, 0) is 48.6 Å². The van der Waals surface area contributed by atoms with Gasteiger partial charge in [0.15, 0.2) is 5.76 Å². The number of fused-ring (bicyclic) bond motifs is 1. The van der Waals surface area contributed by atoms with E-state index in [4.69, 9.17) is 4.42 Å². The van der Waals surface area contributed by atoms with E-state index in [1.165, 1.54) is 6.07 Å². The third-order valence-electron chi connectivity index (χ3n) is 5.98. The summed E-state index contributed by atoms with van der Waals surface area (Å²) in [6.45, 7) is 6.55. The first-order chi connectivity index (χ1) is 14.8. The van der Waals surface area contributed by atoms with Crippen LogP contribution in [-0.4, -0.2) is 35.5 Å². The van der Waals surface area contributed by atoms with E-state index in [1.807, 2.05) is 38.1 Å². The van der Waals surface area contributed by atoms with Crippen LogP contribution in [0, 0.1) is 11.7 Å². The van der Waals surface area contributed by atoms with Crippen molar-refractivity contribution in [2.45, 2.75) is 38.8 Å². The maximum absolute atomic E-state index is 13.9. The fourth-order valence-corrected chi connectivity index (χ4v) is 4.07. The number of halogens is 1. The standard InChI is InChI=1S/C25H29FN2O3/c1-17(2)15-27-24(29)23-14-19-13-20(7-8-22(19)31-23)25(30)9-11-28(12-10-25)16-18-5-3-4-6-21(18)26/h3-8,13-14,17,30H,9-12,15-16H2,1-2H3,(H,27,29). The van der Waals surface area contributed by atoms with Crippen molar-refractivity contribution < 1.29 is 18.7 Å². The summed E-state index contributed by atoms with van der Waals surface area (Å²) in [6, 6.07) is 14.1. The molecule has 0 spiro atoms. The normalized spacial score (nSPS) is 16.7. The molecule has 6 heteroatoms. The third kappa shape index (κ3) is 4.81. The largest absolute Gasteiger partial charge is 0.451 e. The molecule has 1 aliphatic rings. The van der Waals surface area contributed by atoms with Gasteiger partial charge in [-0.3, -0.25) is 9.69 Å². The molecule has 0 radical (unpaired) electrons. The Hall–Kier alpha value is -2.70. The number of carbonyl (C=O) groups excluding carboxylic acids is 1. The summed E-state index contributed by atoms with van der Waals surface area (Å²) in [5.74, 6) is 0.214. The number of rotatable bonds is 6. The average molecular weight is 425 g/mol. The van der Waals surface area contributed by atoms with Crippen molar-refractivity contribution in [1.29, 1.82) is 0 Å². The molecule has 1 amide bonds. The molecule has 3 aromatic rings. The van der Waals surface area contributed by atoms with E-state index >= 15 is 0 Å². The molecular weight excluding hydrogens is 395 g/mol. The van der Waals surface area contributed by atoms with Gasteiger partial charge in [0.1, 0.15) is 11.4 Å². The van der Waals surface area contributed by atoms with E-state index in [0.29, 0.717) is 56.1 Å². The molecule has 0 atom stereocenters. The predicted octanol–water partition coefficient (Wildman–Crippen LogP) is 4.44. The van der Waals surface area contributed by atoms with Crippen LogP contribution < -0.4 is 5.32 Å². The van der Waals surface area contributed by atoms with Gasteiger partial charge in [0.25, 0.3) is 5.91 Å². The Balaban J connectivity index is 1.44. The minimum Gasteiger partial charge on any atom is -0.451 e. The van der Waals surface area contributed by atoms with Gasteiger partial charge in [0.2, 0.25) is 0 Å². The number of hydrogen-bond donors (Lipinski definition) is 2. The molecule has 31 heavy (non-hydrogen) atoms. The van der Waals surface area contributed by atoms with Crippen LogP contribution in [0.3, 0.4) is 0 Å². The van der Waals surface area contributed by atoms with Crippen LogP contribution in [0.15, 0.2) is 52.9 Å². The number of aliphatic hydroxyl groups is 1. The Morgan fingerprint density at radius 2 is 1.94 bits per heavy atom. The van der Waals surface area contributed by atoms with E-state index in [-0.39, 0.29) is 17.5 Å². The summed E-state index contributed by atoms with van der Waals surface area (Å²) in [5, 5.41) is 15.0. The molecule has 0 bridgehead atoms. The molecule has 2 N–H and O–H groups in total. The van der Waals surface area contributed by atoms with E-state index in [1.54, 1.807) is 18.2 Å². The van der Waals surface area contributed by atoms with Crippen molar-refractivity contribution >= 4 is 16.9 Å². The number of benzene rings is 2. The van der Waals surface area contributed by atoms with Gasteiger partial charge in [-0.2, -0.15) is 0 Å². The highest BCUT2D eigenvalue weighted by molar-refractivity contribution is 5.96. The topological polar surface area (TPSA) is 65.7 Å². The van der Waals surface area contributed by atoms with Gasteiger partial charge in [0, 0.05) is 37.1 Å². The summed E-state index contributed by atoms with van der Waals surface area (Å²) in [4.78, 5) is 14.5. The molecule has 0 unspecified atom stereocenters. The van der Waals surface area contributed by atoms with Gasteiger partial charge >= 0.3 is 0 Å². The van der Waals surface area contributed by atoms with Crippen molar-refractivity contribution in [3.63, 3.8) is 0 Å². The lowest BCUT2D eigenvalue weighted by molar-refractivity contribution is -0.0278. The smallest absolute Gasteiger partial charge is 0.287 e. The Morgan fingerprint density at radius 1 is 1.19 bits per heavy atom. The Morgan fingerprint density at radius 3 is 2.65 bits per heavy atom. The summed E-state index contributed by atoms with van der Waals surface area (Å²) < 4.78 is 19.6. The molecule has 0 saturated carbocycles. The van der Waals surface area contributed by atoms with Crippen LogP contribution in [0.4, 0.5) is 4.39 Å². The minimum atomic E-state index is -0.947. The summed E-state index contributed by atoms with van der Waals surface area (Å²) in [5.41, 5.74) is 1.17. The van der Waals surface area contributed by atoms with Crippen LogP contribution in [-0.2, 0) is 12.1 Å². The van der Waals surface area contributed by atoms with Gasteiger partial charge in [-0.25, -0.2) is 4.39 Å². The number of amides is 1. The number of hydrogen-bond acceptors (Lipinski definition) is 4. The first kappa shape index (κ1) is 21.5. The number of likely N-dealkylation sites (tertiary alicyclic amines) is 1. The van der Waals surface area contributed by atoms with Gasteiger partial charge in [-0.1, -0.05) is 38.1 Å². The van der Waals surface area contributed by atoms with Crippen LogP contribution in [0.1, 0.15) is 48.4 Å². The van der Waals surface area contributed by atoms with Gasteiger partial charge < -0.3 is 14.8 Å². The first-order valence-corrected chi connectivity index (χ1v) is 10.8. The van der Waals surface area contributed by atoms with E-state index < -0.39 is 5.60 Å². The van der Waals surface area contributed by atoms with Crippen molar-refractivity contribution in [3.05, 3.63) is 71.2 Å². The second kappa shape index (κ2) is 8.81. The molecule has 4 rings (SSSR count). The fourth-order valence-electron chi connectivity index (χ4n) is 4.07. The van der Waals surface area contributed by atoms with Crippen molar-refractivity contribution in [3.8, 4) is 0 Å². The SMILES string of the molecule is CC(C)CNC(=O)c1cc2cc(C3(O)CCN(Cc4ccccc4F)CC3)ccc2o1. The molecule has 1 aliphatic heterocycles. The Bertz CT molecular complexity index is 1070. The highest BCUT2D eigenvalue weighted by atomic mass is 19.1. The lowest BCUT2D eigenvalue weighted by Gasteiger charge is -2.38. The quantitative estimate of drug-likeness (QED) is 0.614. The zero-order valence-electron chi connectivity index (χ0n) is 18.0. The second-order valence-corrected chi connectivity index (χ2v) is 8.87. The van der Waals surface area contributed by atoms with E-state index in [0.717, 1.165) is 10.9 Å². The monoisotopic (exact) mass is 424 g/mol. The van der Waals surface area contributed by atoms with Crippen LogP contribution >= 0.6 is 0 Å². The molecule has 1 aromatic heterocycles.